The van der Waals surface area contributed by atoms with E-state index in [1.807, 2.05) is 12.2 Å². The second kappa shape index (κ2) is 4.68. The summed E-state index contributed by atoms with van der Waals surface area (Å²) in [5.41, 5.74) is 0. The summed E-state index contributed by atoms with van der Waals surface area (Å²) in [4.78, 5) is 24.9. The zero-order valence-electron chi connectivity index (χ0n) is 9.22. The van der Waals surface area contributed by atoms with Gasteiger partial charge in [0.15, 0.2) is 0 Å². The van der Waals surface area contributed by atoms with Crippen LogP contribution < -0.4 is 5.11 Å². The Balaban J connectivity index is 2.08. The van der Waals surface area contributed by atoms with E-state index in [4.69, 9.17) is 0 Å². The predicted octanol–water partition coefficient (Wildman–Crippen LogP) is -0.0589. The molecule has 0 saturated carbocycles. The molecule has 1 aliphatic heterocycles. The summed E-state index contributed by atoms with van der Waals surface area (Å²) < 4.78 is 0. The SMILES string of the molecule is O=C([O-])[C@@H]1CC=CC[C@@H]1C(=O)N1CCCC1. The number of carbonyl (C=O) groups excluding carboxylic acids is 2. The Bertz CT molecular complexity index is 318. The van der Waals surface area contributed by atoms with Crippen molar-refractivity contribution in [2.24, 2.45) is 11.8 Å². The molecule has 1 aliphatic carbocycles. The third-order valence-corrected chi connectivity index (χ3v) is 3.47. The average molecular weight is 222 g/mol. The molecule has 4 nitrogen and oxygen atoms in total. The van der Waals surface area contributed by atoms with Crippen LogP contribution in [0, 0.1) is 11.8 Å². The number of amides is 1. The molecule has 2 rings (SSSR count). The Morgan fingerprint density at radius 1 is 1.06 bits per heavy atom. The monoisotopic (exact) mass is 222 g/mol. The molecule has 2 aliphatic rings. The van der Waals surface area contributed by atoms with Crippen LogP contribution in [0.1, 0.15) is 25.7 Å². The lowest BCUT2D eigenvalue weighted by Crippen LogP contribution is -2.44. The van der Waals surface area contributed by atoms with E-state index in [-0.39, 0.29) is 5.91 Å². The number of carbonyl (C=O) groups is 2. The fraction of sp³-hybridized carbons (Fsp3) is 0.667. The molecule has 4 heteroatoms. The number of likely N-dealkylation sites (tertiary alicyclic amines) is 1. The summed E-state index contributed by atoms with van der Waals surface area (Å²) >= 11 is 0. The molecule has 1 amide bonds. The largest absolute Gasteiger partial charge is 0.550 e. The van der Waals surface area contributed by atoms with E-state index in [1.165, 1.54) is 0 Å². The lowest BCUT2D eigenvalue weighted by molar-refractivity contribution is -0.313. The first-order chi connectivity index (χ1) is 7.70. The highest BCUT2D eigenvalue weighted by Crippen LogP contribution is 2.28. The molecule has 2 atom stereocenters. The van der Waals surface area contributed by atoms with Crippen LogP contribution in [-0.2, 0) is 9.59 Å². The van der Waals surface area contributed by atoms with Gasteiger partial charge in [0, 0.05) is 30.9 Å². The number of rotatable bonds is 2. The molecule has 0 aromatic rings. The van der Waals surface area contributed by atoms with Crippen molar-refractivity contribution in [3.8, 4) is 0 Å². The quantitative estimate of drug-likeness (QED) is 0.615. The molecule has 0 unspecified atom stereocenters. The number of carboxylic acid groups (broad SMARTS) is 1. The average Bonchev–Trinajstić information content (AvgIpc) is 2.81. The summed E-state index contributed by atoms with van der Waals surface area (Å²) in [6.45, 7) is 1.55. The van der Waals surface area contributed by atoms with Crippen LogP contribution >= 0.6 is 0 Å². The number of hydrogen-bond acceptors (Lipinski definition) is 3. The molecule has 0 radical (unpaired) electrons. The lowest BCUT2D eigenvalue weighted by Gasteiger charge is -2.31. The second-order valence-corrected chi connectivity index (χ2v) is 4.51. The molecule has 88 valence electrons. The first-order valence-electron chi connectivity index (χ1n) is 5.85. The summed E-state index contributed by atoms with van der Waals surface area (Å²) in [6.07, 6.45) is 6.75. The maximum Gasteiger partial charge on any atom is 0.226 e. The van der Waals surface area contributed by atoms with Gasteiger partial charge in [0.05, 0.1) is 0 Å². The molecule has 0 N–H and O–H groups in total. The minimum Gasteiger partial charge on any atom is -0.550 e. The van der Waals surface area contributed by atoms with Gasteiger partial charge in [-0.2, -0.15) is 0 Å². The summed E-state index contributed by atoms with van der Waals surface area (Å²) in [6, 6.07) is 0. The number of nitrogens with zero attached hydrogens (tertiary/aromatic N) is 1. The number of allylic oxidation sites excluding steroid dienone is 2. The van der Waals surface area contributed by atoms with Gasteiger partial charge in [-0.3, -0.25) is 4.79 Å². The number of carboxylic acids is 1. The smallest absolute Gasteiger partial charge is 0.226 e. The molecule has 16 heavy (non-hydrogen) atoms. The highest BCUT2D eigenvalue weighted by atomic mass is 16.4. The highest BCUT2D eigenvalue weighted by Gasteiger charge is 2.33. The van der Waals surface area contributed by atoms with E-state index < -0.39 is 17.8 Å². The highest BCUT2D eigenvalue weighted by molar-refractivity contribution is 5.85. The van der Waals surface area contributed by atoms with E-state index in [9.17, 15) is 14.7 Å². The van der Waals surface area contributed by atoms with Gasteiger partial charge in [-0.1, -0.05) is 12.2 Å². The minimum atomic E-state index is -1.10. The third kappa shape index (κ3) is 2.10. The number of aliphatic carboxylic acids is 1. The molecule has 1 fully saturated rings. The van der Waals surface area contributed by atoms with Gasteiger partial charge in [-0.25, -0.2) is 0 Å². The van der Waals surface area contributed by atoms with Gasteiger partial charge in [0.1, 0.15) is 0 Å². The van der Waals surface area contributed by atoms with Gasteiger partial charge in [-0.15, -0.1) is 0 Å². The van der Waals surface area contributed by atoms with Crippen LogP contribution in [0.3, 0.4) is 0 Å². The molecule has 0 bridgehead atoms. The summed E-state index contributed by atoms with van der Waals surface area (Å²) in [5, 5.41) is 11.0. The van der Waals surface area contributed by atoms with Crippen molar-refractivity contribution in [3.05, 3.63) is 12.2 Å². The van der Waals surface area contributed by atoms with Gasteiger partial charge < -0.3 is 14.8 Å². The standard InChI is InChI=1S/C12H17NO3/c14-11(13-7-3-4-8-13)9-5-1-2-6-10(9)12(15)16/h1-2,9-10H,3-8H2,(H,15,16)/p-1/t9-,10+/m0/s1. The zero-order chi connectivity index (χ0) is 11.5. The predicted molar refractivity (Wildman–Crippen MR) is 56.2 cm³/mol. The zero-order valence-corrected chi connectivity index (χ0v) is 9.22. The fourth-order valence-corrected chi connectivity index (χ4v) is 2.52. The molecule has 0 aromatic carbocycles. The Kier molecular flexibility index (Phi) is 3.27. The number of hydrogen-bond donors (Lipinski definition) is 0. The van der Waals surface area contributed by atoms with E-state index in [1.54, 1.807) is 4.90 Å². The first kappa shape index (κ1) is 11.2. The van der Waals surface area contributed by atoms with Crippen LogP contribution in [0.2, 0.25) is 0 Å². The normalized spacial score (nSPS) is 29.4. The van der Waals surface area contributed by atoms with Crippen molar-refractivity contribution in [2.45, 2.75) is 25.7 Å². The topological polar surface area (TPSA) is 60.4 Å². The van der Waals surface area contributed by atoms with Crippen molar-refractivity contribution in [2.75, 3.05) is 13.1 Å². The lowest BCUT2D eigenvalue weighted by atomic mass is 9.82. The molecule has 0 aromatic heterocycles. The molecule has 0 spiro atoms. The Morgan fingerprint density at radius 3 is 2.19 bits per heavy atom. The Hall–Kier alpha value is -1.32. The van der Waals surface area contributed by atoms with Crippen LogP contribution in [0.5, 0.6) is 0 Å². The van der Waals surface area contributed by atoms with E-state index in [2.05, 4.69) is 0 Å². The molecule has 1 saturated heterocycles. The Labute approximate surface area is 94.9 Å². The van der Waals surface area contributed by atoms with Crippen molar-refractivity contribution in [1.82, 2.24) is 4.90 Å². The van der Waals surface area contributed by atoms with Gasteiger partial charge in [-0.05, 0) is 25.7 Å². The third-order valence-electron chi connectivity index (χ3n) is 3.47. The van der Waals surface area contributed by atoms with Crippen LogP contribution in [0.25, 0.3) is 0 Å². The summed E-state index contributed by atoms with van der Waals surface area (Å²) in [5.74, 6) is -2.15. The van der Waals surface area contributed by atoms with Crippen molar-refractivity contribution in [1.29, 1.82) is 0 Å². The molecular formula is C12H16NO3-. The Morgan fingerprint density at radius 2 is 1.62 bits per heavy atom. The maximum absolute atomic E-state index is 12.1. The maximum atomic E-state index is 12.1. The van der Waals surface area contributed by atoms with E-state index in [0.29, 0.717) is 12.8 Å². The molecule has 1 heterocycles. The minimum absolute atomic E-state index is 0.00366. The van der Waals surface area contributed by atoms with Crippen molar-refractivity contribution >= 4 is 11.9 Å². The van der Waals surface area contributed by atoms with Crippen molar-refractivity contribution < 1.29 is 14.7 Å². The molecular weight excluding hydrogens is 206 g/mol. The van der Waals surface area contributed by atoms with E-state index >= 15 is 0 Å². The van der Waals surface area contributed by atoms with Gasteiger partial charge in [0.2, 0.25) is 5.91 Å². The van der Waals surface area contributed by atoms with Crippen LogP contribution in [0.4, 0.5) is 0 Å². The second-order valence-electron chi connectivity index (χ2n) is 4.51. The van der Waals surface area contributed by atoms with E-state index in [0.717, 1.165) is 25.9 Å². The van der Waals surface area contributed by atoms with Gasteiger partial charge >= 0.3 is 0 Å². The first-order valence-corrected chi connectivity index (χ1v) is 5.85. The van der Waals surface area contributed by atoms with Crippen LogP contribution in [0.15, 0.2) is 12.2 Å². The fourth-order valence-electron chi connectivity index (χ4n) is 2.52. The summed E-state index contributed by atoms with van der Waals surface area (Å²) in [7, 11) is 0. The van der Waals surface area contributed by atoms with Crippen molar-refractivity contribution in [3.63, 3.8) is 0 Å². The van der Waals surface area contributed by atoms with Gasteiger partial charge in [0.25, 0.3) is 0 Å². The van der Waals surface area contributed by atoms with Crippen LogP contribution in [-0.4, -0.2) is 29.9 Å².